The molecule has 0 aliphatic rings. The third-order valence-corrected chi connectivity index (χ3v) is 3.27. The summed E-state index contributed by atoms with van der Waals surface area (Å²) in [7, 11) is 1.70. The number of hydrogen-bond acceptors (Lipinski definition) is 2. The highest BCUT2D eigenvalue weighted by atomic mass is 19.4. The van der Waals surface area contributed by atoms with Gasteiger partial charge in [-0.15, -0.1) is 0 Å². The Morgan fingerprint density at radius 1 is 1.29 bits per heavy atom. The van der Waals surface area contributed by atoms with Gasteiger partial charge in [-0.05, 0) is 19.1 Å². The van der Waals surface area contributed by atoms with Gasteiger partial charge >= 0.3 is 12.1 Å². The molecule has 7 heteroatoms. The number of aliphatic carboxylic acids is 1. The van der Waals surface area contributed by atoms with Crippen molar-refractivity contribution in [3.8, 4) is 11.4 Å². The zero-order chi connectivity index (χ0) is 15.8. The van der Waals surface area contributed by atoms with Crippen molar-refractivity contribution in [2.75, 3.05) is 0 Å². The van der Waals surface area contributed by atoms with Crippen molar-refractivity contribution in [3.05, 3.63) is 41.2 Å². The molecule has 1 N–H and O–H groups in total. The molecule has 21 heavy (non-hydrogen) atoms. The van der Waals surface area contributed by atoms with Crippen LogP contribution in [-0.4, -0.2) is 20.6 Å². The minimum atomic E-state index is -4.38. The van der Waals surface area contributed by atoms with E-state index in [1.54, 1.807) is 18.5 Å². The second-order valence-corrected chi connectivity index (χ2v) is 4.67. The minimum Gasteiger partial charge on any atom is -0.481 e. The molecule has 1 heterocycles. The van der Waals surface area contributed by atoms with Crippen molar-refractivity contribution in [1.29, 1.82) is 0 Å². The fraction of sp³-hybridized carbons (Fsp3) is 0.286. The first-order chi connectivity index (χ1) is 9.70. The quantitative estimate of drug-likeness (QED) is 0.947. The van der Waals surface area contributed by atoms with Gasteiger partial charge in [0.2, 0.25) is 0 Å². The average molecular weight is 298 g/mol. The molecule has 1 aromatic heterocycles. The zero-order valence-corrected chi connectivity index (χ0v) is 11.4. The Labute approximate surface area is 118 Å². The average Bonchev–Trinajstić information content (AvgIpc) is 2.66. The Bertz CT molecular complexity index is 673. The molecule has 0 radical (unpaired) electrons. The van der Waals surface area contributed by atoms with Crippen LogP contribution in [0.4, 0.5) is 13.2 Å². The van der Waals surface area contributed by atoms with E-state index in [1.165, 1.54) is 12.1 Å². The molecule has 112 valence electrons. The summed E-state index contributed by atoms with van der Waals surface area (Å²) in [5.74, 6) is -0.562. The fourth-order valence-electron chi connectivity index (χ4n) is 2.01. The molecule has 0 saturated heterocycles. The van der Waals surface area contributed by atoms with Gasteiger partial charge in [0.1, 0.15) is 5.82 Å². The highest BCUT2D eigenvalue weighted by Gasteiger charge is 2.30. The molecule has 0 amide bonds. The molecule has 4 nitrogen and oxygen atoms in total. The summed E-state index contributed by atoms with van der Waals surface area (Å²) < 4.78 is 39.2. The number of aromatic nitrogens is 2. The van der Waals surface area contributed by atoms with E-state index in [1.807, 2.05) is 0 Å². The van der Waals surface area contributed by atoms with E-state index in [0.717, 1.165) is 12.1 Å². The van der Waals surface area contributed by atoms with E-state index < -0.39 is 17.7 Å². The number of benzene rings is 1. The molecular weight excluding hydrogens is 285 g/mol. The maximum atomic E-state index is 12.5. The number of carboxylic acid groups (broad SMARTS) is 1. The lowest BCUT2D eigenvalue weighted by atomic mass is 10.1. The topological polar surface area (TPSA) is 55.1 Å². The Balaban J connectivity index is 2.40. The van der Waals surface area contributed by atoms with Crippen molar-refractivity contribution >= 4 is 5.97 Å². The van der Waals surface area contributed by atoms with E-state index in [-0.39, 0.29) is 6.42 Å². The van der Waals surface area contributed by atoms with Gasteiger partial charge in [0, 0.05) is 18.3 Å². The molecule has 0 fully saturated rings. The first kappa shape index (κ1) is 15.1. The lowest BCUT2D eigenvalue weighted by Gasteiger charge is -2.08. The van der Waals surface area contributed by atoms with Gasteiger partial charge in [-0.25, -0.2) is 4.98 Å². The van der Waals surface area contributed by atoms with Gasteiger partial charge in [0.15, 0.2) is 0 Å². The van der Waals surface area contributed by atoms with Crippen molar-refractivity contribution < 1.29 is 23.1 Å². The summed E-state index contributed by atoms with van der Waals surface area (Å²) in [5.41, 5.74) is 0.848. The Kier molecular flexibility index (Phi) is 3.76. The van der Waals surface area contributed by atoms with Crippen LogP contribution < -0.4 is 0 Å². The number of carboxylic acids is 1. The number of rotatable bonds is 3. The lowest BCUT2D eigenvalue weighted by molar-refractivity contribution is -0.138. The summed E-state index contributed by atoms with van der Waals surface area (Å²) in [6.07, 6.45) is -4.61. The minimum absolute atomic E-state index is 0.222. The van der Waals surface area contributed by atoms with Gasteiger partial charge in [-0.1, -0.05) is 12.1 Å². The van der Waals surface area contributed by atoms with Crippen LogP contribution in [0.15, 0.2) is 24.3 Å². The smallest absolute Gasteiger partial charge is 0.416 e. The summed E-state index contributed by atoms with van der Waals surface area (Å²) in [5, 5.41) is 8.81. The van der Waals surface area contributed by atoms with Crippen molar-refractivity contribution in [1.82, 2.24) is 9.55 Å². The SMILES string of the molecule is Cc1c(CC(=O)O)nc(-c2ccc(C(F)(F)F)cc2)n1C. The third kappa shape index (κ3) is 3.07. The second kappa shape index (κ2) is 5.23. The first-order valence-corrected chi connectivity index (χ1v) is 6.11. The molecule has 0 aliphatic heterocycles. The highest BCUT2D eigenvalue weighted by molar-refractivity contribution is 5.70. The molecule has 0 aliphatic carbocycles. The maximum Gasteiger partial charge on any atom is 0.416 e. The Morgan fingerprint density at radius 3 is 2.33 bits per heavy atom. The fourth-order valence-corrected chi connectivity index (χ4v) is 2.01. The van der Waals surface area contributed by atoms with Gasteiger partial charge in [-0.3, -0.25) is 4.79 Å². The standard InChI is InChI=1S/C14H13F3N2O2/c1-8-11(7-12(20)21)18-13(19(8)2)9-3-5-10(6-4-9)14(15,16)17/h3-6H,7H2,1-2H3,(H,20,21). The molecule has 0 saturated carbocycles. The van der Waals surface area contributed by atoms with Crippen molar-refractivity contribution in [2.45, 2.75) is 19.5 Å². The number of halogens is 3. The van der Waals surface area contributed by atoms with Crippen LogP contribution in [0.1, 0.15) is 17.0 Å². The normalized spacial score (nSPS) is 11.7. The first-order valence-electron chi connectivity index (χ1n) is 6.11. The summed E-state index contributed by atoms with van der Waals surface area (Å²) >= 11 is 0. The molecule has 2 rings (SSSR count). The van der Waals surface area contributed by atoms with Gasteiger partial charge in [0.05, 0.1) is 17.7 Å². The largest absolute Gasteiger partial charge is 0.481 e. The predicted molar refractivity (Wildman–Crippen MR) is 69.7 cm³/mol. The molecule has 0 atom stereocenters. The van der Waals surface area contributed by atoms with Crippen molar-refractivity contribution in [3.63, 3.8) is 0 Å². The Morgan fingerprint density at radius 2 is 1.86 bits per heavy atom. The summed E-state index contributed by atoms with van der Waals surface area (Å²) in [4.78, 5) is 15.0. The monoisotopic (exact) mass is 298 g/mol. The third-order valence-electron chi connectivity index (χ3n) is 3.27. The molecular formula is C14H13F3N2O2. The van der Waals surface area contributed by atoms with E-state index in [2.05, 4.69) is 4.98 Å². The number of hydrogen-bond donors (Lipinski definition) is 1. The van der Waals surface area contributed by atoms with E-state index >= 15 is 0 Å². The molecule has 0 bridgehead atoms. The van der Waals surface area contributed by atoms with Crippen LogP contribution in [0.2, 0.25) is 0 Å². The van der Waals surface area contributed by atoms with E-state index in [9.17, 15) is 18.0 Å². The van der Waals surface area contributed by atoms with Gasteiger partial charge < -0.3 is 9.67 Å². The van der Waals surface area contributed by atoms with Gasteiger partial charge in [-0.2, -0.15) is 13.2 Å². The number of alkyl halides is 3. The maximum absolute atomic E-state index is 12.5. The second-order valence-electron chi connectivity index (χ2n) is 4.67. The Hall–Kier alpha value is -2.31. The number of nitrogens with zero attached hydrogens (tertiary/aromatic N) is 2. The zero-order valence-electron chi connectivity index (χ0n) is 11.4. The molecule has 1 aromatic carbocycles. The summed E-state index contributed by atoms with van der Waals surface area (Å²) in [6, 6.07) is 4.62. The number of carbonyl (C=O) groups is 1. The van der Waals surface area contributed by atoms with Crippen LogP contribution in [-0.2, 0) is 24.4 Å². The van der Waals surface area contributed by atoms with Crippen LogP contribution in [0, 0.1) is 6.92 Å². The van der Waals surface area contributed by atoms with E-state index in [0.29, 0.717) is 22.8 Å². The van der Waals surface area contributed by atoms with Crippen molar-refractivity contribution in [2.24, 2.45) is 7.05 Å². The predicted octanol–water partition coefficient (Wildman–Crippen LogP) is 3.04. The van der Waals surface area contributed by atoms with Crippen LogP contribution in [0.25, 0.3) is 11.4 Å². The van der Waals surface area contributed by atoms with E-state index in [4.69, 9.17) is 5.11 Å². The van der Waals surface area contributed by atoms with Crippen LogP contribution in [0.5, 0.6) is 0 Å². The molecule has 2 aromatic rings. The van der Waals surface area contributed by atoms with Crippen LogP contribution >= 0.6 is 0 Å². The lowest BCUT2D eigenvalue weighted by Crippen LogP contribution is -2.04. The summed E-state index contributed by atoms with van der Waals surface area (Å²) in [6.45, 7) is 1.72. The van der Waals surface area contributed by atoms with Crippen LogP contribution in [0.3, 0.4) is 0 Å². The molecule has 0 unspecified atom stereocenters. The molecule has 0 spiro atoms. The highest BCUT2D eigenvalue weighted by Crippen LogP contribution is 2.31. The van der Waals surface area contributed by atoms with Gasteiger partial charge in [0.25, 0.3) is 0 Å². The number of imidazole rings is 1.